The van der Waals surface area contributed by atoms with Gasteiger partial charge in [-0.2, -0.15) is 13.2 Å². The summed E-state index contributed by atoms with van der Waals surface area (Å²) >= 11 is 0. The van der Waals surface area contributed by atoms with Crippen molar-refractivity contribution in [3.8, 4) is 0 Å². The minimum absolute atomic E-state index is 0.180. The van der Waals surface area contributed by atoms with E-state index in [0.29, 0.717) is 25.0 Å². The van der Waals surface area contributed by atoms with Crippen molar-refractivity contribution in [2.24, 2.45) is 0 Å². The molecule has 2 aliphatic rings. The number of aliphatic hydroxyl groups excluding tert-OH is 1. The molecule has 2 amide bonds. The molecule has 1 aromatic carbocycles. The van der Waals surface area contributed by atoms with E-state index in [4.69, 9.17) is 0 Å². The van der Waals surface area contributed by atoms with Crippen LogP contribution >= 0.6 is 0 Å². The zero-order chi connectivity index (χ0) is 25.0. The molecule has 1 aromatic heterocycles. The number of aliphatic hydroxyl groups is 1. The van der Waals surface area contributed by atoms with Crippen molar-refractivity contribution >= 4 is 11.8 Å². The summed E-state index contributed by atoms with van der Waals surface area (Å²) in [7, 11) is 0. The number of pyridine rings is 1. The predicted octanol–water partition coefficient (Wildman–Crippen LogP) is 2.72. The van der Waals surface area contributed by atoms with Crippen LogP contribution in [0, 0.1) is 0 Å². The molecule has 188 valence electrons. The molecule has 4 rings (SSSR count). The molecule has 2 aromatic rings. The summed E-state index contributed by atoms with van der Waals surface area (Å²) in [4.78, 5) is 31.2. The number of carbonyl (C=O) groups is 2. The molecule has 2 heterocycles. The summed E-state index contributed by atoms with van der Waals surface area (Å²) in [5.41, 5.74) is 0.00330. The number of halogens is 3. The fraction of sp³-hybridized carbons (Fsp3) is 0.480. The topological polar surface area (TPSA) is 94.6 Å². The molecular formula is C25H29F3N4O3. The van der Waals surface area contributed by atoms with Gasteiger partial charge in [0, 0.05) is 42.5 Å². The average Bonchev–Trinajstić information content (AvgIpc) is 3.22. The van der Waals surface area contributed by atoms with Crippen LogP contribution in [0.5, 0.6) is 0 Å². The minimum atomic E-state index is -4.56. The van der Waals surface area contributed by atoms with Crippen LogP contribution in [0.15, 0.2) is 48.7 Å². The molecule has 1 aliphatic carbocycles. The van der Waals surface area contributed by atoms with Crippen molar-refractivity contribution in [2.75, 3.05) is 19.6 Å². The Morgan fingerprint density at radius 2 is 1.83 bits per heavy atom. The predicted molar refractivity (Wildman–Crippen MR) is 123 cm³/mol. The van der Waals surface area contributed by atoms with Crippen molar-refractivity contribution in [3.05, 3.63) is 65.5 Å². The number of aromatic nitrogens is 1. The van der Waals surface area contributed by atoms with E-state index in [-0.39, 0.29) is 5.56 Å². The van der Waals surface area contributed by atoms with Gasteiger partial charge in [-0.05, 0) is 56.0 Å². The lowest BCUT2D eigenvalue weighted by Gasteiger charge is -2.34. The number of likely N-dealkylation sites (tertiary alicyclic amines) is 1. The Morgan fingerprint density at radius 3 is 2.51 bits per heavy atom. The van der Waals surface area contributed by atoms with E-state index >= 15 is 0 Å². The molecule has 2 atom stereocenters. The van der Waals surface area contributed by atoms with Gasteiger partial charge in [0.2, 0.25) is 5.91 Å². The second-order valence-electron chi connectivity index (χ2n) is 9.22. The average molecular weight is 491 g/mol. The van der Waals surface area contributed by atoms with E-state index in [1.54, 1.807) is 0 Å². The van der Waals surface area contributed by atoms with Gasteiger partial charge in [-0.3, -0.25) is 19.5 Å². The van der Waals surface area contributed by atoms with Gasteiger partial charge >= 0.3 is 6.18 Å². The van der Waals surface area contributed by atoms with Crippen molar-refractivity contribution < 1.29 is 27.9 Å². The molecule has 2 fully saturated rings. The first kappa shape index (κ1) is 25.1. The first-order valence-corrected chi connectivity index (χ1v) is 11.8. The Kier molecular flexibility index (Phi) is 7.71. The van der Waals surface area contributed by atoms with Gasteiger partial charge in [0.05, 0.1) is 24.3 Å². The Hall–Kier alpha value is -2.98. The summed E-state index contributed by atoms with van der Waals surface area (Å²) in [5.74, 6) is -0.837. The van der Waals surface area contributed by atoms with Gasteiger partial charge in [-0.25, -0.2) is 0 Å². The molecule has 0 radical (unpaired) electrons. The van der Waals surface area contributed by atoms with Crippen LogP contribution in [0.1, 0.15) is 53.2 Å². The Bertz CT molecular complexity index is 1030. The highest BCUT2D eigenvalue weighted by Crippen LogP contribution is 2.35. The van der Waals surface area contributed by atoms with Gasteiger partial charge < -0.3 is 15.7 Å². The molecule has 0 spiro atoms. The number of β-amino-alcohol motifs (C(OH)–C–C–N with tert-alkyl or cyclic N) is 1. The lowest BCUT2D eigenvalue weighted by atomic mass is 9.83. The standard InChI is InChI=1S/C25H29F3N4O3/c26-25(27,28)18-5-3-4-17(12-18)24(35)30-13-23(34)31-21-14-32(15-22(21)33)19-9-7-16(8-10-19)20-6-1-2-11-29-20/h1-6,11-12,16,19,21-22,33H,7-10,13-15H2,(H,30,35)(H,31,34)/t16?,19?,21?,22-/m0/s1. The number of rotatable bonds is 6. The largest absolute Gasteiger partial charge is 0.416 e. The number of nitrogens with one attached hydrogen (secondary N) is 2. The number of nitrogens with zero attached hydrogens (tertiary/aromatic N) is 2. The third-order valence-electron chi connectivity index (χ3n) is 6.84. The number of hydrogen-bond donors (Lipinski definition) is 3. The third-order valence-corrected chi connectivity index (χ3v) is 6.84. The van der Waals surface area contributed by atoms with Crippen LogP contribution in [0.2, 0.25) is 0 Å². The van der Waals surface area contributed by atoms with E-state index in [2.05, 4.69) is 26.6 Å². The van der Waals surface area contributed by atoms with Crippen LogP contribution in [0.4, 0.5) is 13.2 Å². The lowest BCUT2D eigenvalue weighted by molar-refractivity contribution is -0.137. The Labute approximate surface area is 201 Å². The molecule has 7 nitrogen and oxygen atoms in total. The molecule has 35 heavy (non-hydrogen) atoms. The highest BCUT2D eigenvalue weighted by Gasteiger charge is 2.37. The number of benzene rings is 1. The summed E-state index contributed by atoms with van der Waals surface area (Å²) in [6.45, 7) is 0.571. The van der Waals surface area contributed by atoms with Crippen LogP contribution in [0.3, 0.4) is 0 Å². The minimum Gasteiger partial charge on any atom is -0.390 e. The Morgan fingerprint density at radius 1 is 1.06 bits per heavy atom. The summed E-state index contributed by atoms with van der Waals surface area (Å²) < 4.78 is 38.5. The monoisotopic (exact) mass is 490 g/mol. The van der Waals surface area contributed by atoms with E-state index in [9.17, 15) is 27.9 Å². The zero-order valence-electron chi connectivity index (χ0n) is 19.2. The summed E-state index contributed by atoms with van der Waals surface area (Å²) in [6.07, 6.45) is 0.540. The van der Waals surface area contributed by atoms with E-state index < -0.39 is 42.2 Å². The number of alkyl halides is 3. The highest BCUT2D eigenvalue weighted by atomic mass is 19.4. The highest BCUT2D eigenvalue weighted by molar-refractivity contribution is 5.96. The normalized spacial score (nSPS) is 25.3. The lowest BCUT2D eigenvalue weighted by Crippen LogP contribution is -2.47. The summed E-state index contributed by atoms with van der Waals surface area (Å²) in [5, 5.41) is 15.6. The quantitative estimate of drug-likeness (QED) is 0.579. The fourth-order valence-corrected chi connectivity index (χ4v) is 4.97. The number of hydrogen-bond acceptors (Lipinski definition) is 5. The number of amides is 2. The van der Waals surface area contributed by atoms with Crippen LogP contribution in [-0.4, -0.2) is 64.6 Å². The molecule has 1 aliphatic heterocycles. The SMILES string of the molecule is O=C(CNC(=O)c1cccc(C(F)(F)F)c1)NC1CN(C2CCC(c3ccccn3)CC2)C[C@@H]1O. The molecule has 10 heteroatoms. The van der Waals surface area contributed by atoms with E-state index in [0.717, 1.165) is 49.6 Å². The van der Waals surface area contributed by atoms with Gasteiger partial charge in [0.15, 0.2) is 0 Å². The Balaban J connectivity index is 1.23. The molecule has 1 saturated heterocycles. The molecule has 0 bridgehead atoms. The molecule has 3 N–H and O–H groups in total. The van der Waals surface area contributed by atoms with Crippen molar-refractivity contribution in [1.29, 1.82) is 0 Å². The molecule has 1 saturated carbocycles. The van der Waals surface area contributed by atoms with Crippen molar-refractivity contribution in [2.45, 2.75) is 56.0 Å². The van der Waals surface area contributed by atoms with Crippen LogP contribution < -0.4 is 10.6 Å². The first-order chi connectivity index (χ1) is 16.7. The molecule has 1 unspecified atom stereocenters. The smallest absolute Gasteiger partial charge is 0.390 e. The third kappa shape index (κ3) is 6.37. The zero-order valence-corrected chi connectivity index (χ0v) is 19.2. The van der Waals surface area contributed by atoms with E-state index in [1.807, 2.05) is 18.3 Å². The second kappa shape index (κ2) is 10.7. The summed E-state index contributed by atoms with van der Waals surface area (Å²) in [6, 6.07) is 9.84. The van der Waals surface area contributed by atoms with Crippen LogP contribution in [0.25, 0.3) is 0 Å². The maximum absolute atomic E-state index is 12.8. The maximum Gasteiger partial charge on any atom is 0.416 e. The van der Waals surface area contributed by atoms with Gasteiger partial charge in [-0.1, -0.05) is 12.1 Å². The van der Waals surface area contributed by atoms with Gasteiger partial charge in [0.1, 0.15) is 0 Å². The van der Waals surface area contributed by atoms with Crippen molar-refractivity contribution in [3.63, 3.8) is 0 Å². The van der Waals surface area contributed by atoms with Crippen LogP contribution in [-0.2, 0) is 11.0 Å². The second-order valence-corrected chi connectivity index (χ2v) is 9.22. The van der Waals surface area contributed by atoms with Gasteiger partial charge in [0.25, 0.3) is 5.91 Å². The van der Waals surface area contributed by atoms with E-state index in [1.165, 1.54) is 6.07 Å². The number of carbonyl (C=O) groups excluding carboxylic acids is 2. The van der Waals surface area contributed by atoms with Crippen molar-refractivity contribution in [1.82, 2.24) is 20.5 Å². The first-order valence-electron chi connectivity index (χ1n) is 11.8. The van der Waals surface area contributed by atoms with Gasteiger partial charge in [-0.15, -0.1) is 0 Å². The molecular weight excluding hydrogens is 461 g/mol. The maximum atomic E-state index is 12.8. The fourth-order valence-electron chi connectivity index (χ4n) is 4.97.